The number of fused-ring (bicyclic) bond motifs is 2. The summed E-state index contributed by atoms with van der Waals surface area (Å²) in [5.41, 5.74) is 1.72. The Morgan fingerprint density at radius 3 is 2.48 bits per heavy atom. The molecule has 0 aliphatic carbocycles. The zero-order chi connectivity index (χ0) is 23.4. The molecular formula is C26H35FN4O2. The van der Waals surface area contributed by atoms with Gasteiger partial charge in [0.1, 0.15) is 11.6 Å². The molecule has 6 nitrogen and oxygen atoms in total. The molecule has 2 amide bonds. The number of pyridine rings is 1. The Labute approximate surface area is 196 Å². The fraction of sp³-hybridized carbons (Fsp3) is 0.538. The SMILES string of the molecule is CC(C)COc1ccc(CNC(=O)N(Cc2ccc(F)cn2)C2CC3CCC(C2)N3C)cc1. The van der Waals surface area contributed by atoms with Crippen LogP contribution in [0, 0.1) is 11.7 Å². The van der Waals surface area contributed by atoms with Gasteiger partial charge in [-0.1, -0.05) is 26.0 Å². The van der Waals surface area contributed by atoms with E-state index in [-0.39, 0.29) is 17.9 Å². The fourth-order valence-electron chi connectivity index (χ4n) is 4.92. The highest BCUT2D eigenvalue weighted by atomic mass is 19.1. The van der Waals surface area contributed by atoms with Crippen LogP contribution in [-0.2, 0) is 13.1 Å². The molecule has 3 heterocycles. The molecule has 7 heteroatoms. The van der Waals surface area contributed by atoms with Crippen LogP contribution < -0.4 is 10.1 Å². The van der Waals surface area contributed by atoms with E-state index in [1.54, 1.807) is 6.07 Å². The molecular weight excluding hydrogens is 419 g/mol. The molecule has 2 aliphatic heterocycles. The molecule has 4 rings (SSSR count). The summed E-state index contributed by atoms with van der Waals surface area (Å²) < 4.78 is 19.1. The Kier molecular flexibility index (Phi) is 7.48. The first-order valence-electron chi connectivity index (χ1n) is 12.0. The summed E-state index contributed by atoms with van der Waals surface area (Å²) in [5, 5.41) is 3.09. The van der Waals surface area contributed by atoms with Crippen molar-refractivity contribution in [3.05, 3.63) is 59.7 Å². The molecule has 1 aromatic heterocycles. The Bertz CT molecular complexity index is 905. The average molecular weight is 455 g/mol. The van der Waals surface area contributed by atoms with Crippen molar-refractivity contribution < 1.29 is 13.9 Å². The van der Waals surface area contributed by atoms with E-state index in [0.717, 1.165) is 24.2 Å². The molecule has 0 radical (unpaired) electrons. The summed E-state index contributed by atoms with van der Waals surface area (Å²) in [4.78, 5) is 21.9. The summed E-state index contributed by atoms with van der Waals surface area (Å²) in [5.74, 6) is 0.942. The molecule has 0 saturated carbocycles. The molecule has 2 aliphatic rings. The molecule has 33 heavy (non-hydrogen) atoms. The minimum Gasteiger partial charge on any atom is -0.493 e. The number of urea groups is 1. The maximum absolute atomic E-state index is 13.3. The average Bonchev–Trinajstić information content (AvgIpc) is 3.01. The van der Waals surface area contributed by atoms with Gasteiger partial charge in [0.15, 0.2) is 0 Å². The molecule has 1 N–H and O–H groups in total. The second kappa shape index (κ2) is 10.5. The zero-order valence-electron chi connectivity index (χ0n) is 19.8. The van der Waals surface area contributed by atoms with Crippen LogP contribution in [0.2, 0.25) is 0 Å². The number of rotatable bonds is 8. The van der Waals surface area contributed by atoms with Crippen molar-refractivity contribution in [3.63, 3.8) is 0 Å². The standard InChI is InChI=1S/C26H35FN4O2/c1-18(2)17-33-25-10-4-19(5-11-25)14-29-26(32)31(16-21-7-6-20(27)15-28-21)24-12-22-8-9-23(13-24)30(22)3/h4-7,10-11,15,18,22-24H,8-9,12-14,16-17H2,1-3H3,(H,29,32). The van der Waals surface area contributed by atoms with Gasteiger partial charge in [-0.3, -0.25) is 4.98 Å². The second-order valence-corrected chi connectivity index (χ2v) is 9.78. The Hall–Kier alpha value is -2.67. The van der Waals surface area contributed by atoms with Crippen molar-refractivity contribution in [1.82, 2.24) is 20.1 Å². The third-order valence-corrected chi connectivity index (χ3v) is 6.85. The summed E-state index contributed by atoms with van der Waals surface area (Å²) in [6.45, 7) is 5.73. The lowest BCUT2D eigenvalue weighted by Crippen LogP contribution is -2.52. The number of carbonyl (C=O) groups excluding carboxylic acids is 1. The monoisotopic (exact) mass is 454 g/mol. The van der Waals surface area contributed by atoms with Crippen molar-refractivity contribution in [2.24, 2.45) is 5.92 Å². The number of ether oxygens (including phenoxy) is 1. The van der Waals surface area contributed by atoms with Crippen LogP contribution in [-0.4, -0.2) is 52.6 Å². The van der Waals surface area contributed by atoms with Crippen LogP contribution in [0.1, 0.15) is 50.8 Å². The third-order valence-electron chi connectivity index (χ3n) is 6.85. The number of aromatic nitrogens is 1. The van der Waals surface area contributed by atoms with Gasteiger partial charge in [0, 0.05) is 24.7 Å². The van der Waals surface area contributed by atoms with Gasteiger partial charge < -0.3 is 19.9 Å². The molecule has 1 aromatic carbocycles. The van der Waals surface area contributed by atoms with Gasteiger partial charge in [-0.2, -0.15) is 0 Å². The van der Waals surface area contributed by atoms with Crippen molar-refractivity contribution in [3.8, 4) is 5.75 Å². The van der Waals surface area contributed by atoms with E-state index in [1.807, 2.05) is 29.2 Å². The van der Waals surface area contributed by atoms with Crippen LogP contribution >= 0.6 is 0 Å². The first-order valence-corrected chi connectivity index (χ1v) is 12.0. The zero-order valence-corrected chi connectivity index (χ0v) is 19.8. The van der Waals surface area contributed by atoms with Gasteiger partial charge in [-0.25, -0.2) is 9.18 Å². The van der Waals surface area contributed by atoms with Crippen LogP contribution in [0.4, 0.5) is 9.18 Å². The molecule has 0 spiro atoms. The lowest BCUT2D eigenvalue weighted by Gasteiger charge is -2.41. The second-order valence-electron chi connectivity index (χ2n) is 9.78. The van der Waals surface area contributed by atoms with Crippen LogP contribution in [0.5, 0.6) is 5.75 Å². The topological polar surface area (TPSA) is 57.7 Å². The number of carbonyl (C=O) groups is 1. The number of benzene rings is 1. The van der Waals surface area contributed by atoms with Crippen LogP contribution in [0.3, 0.4) is 0 Å². The van der Waals surface area contributed by atoms with Gasteiger partial charge in [-0.05, 0) is 68.5 Å². The fourth-order valence-corrected chi connectivity index (χ4v) is 4.92. The number of hydrogen-bond acceptors (Lipinski definition) is 4. The van der Waals surface area contributed by atoms with Crippen molar-refractivity contribution in [2.45, 2.75) is 70.7 Å². The summed E-state index contributed by atoms with van der Waals surface area (Å²) in [6.07, 6.45) is 5.51. The van der Waals surface area contributed by atoms with E-state index in [1.165, 1.54) is 25.1 Å². The van der Waals surface area contributed by atoms with E-state index in [9.17, 15) is 9.18 Å². The normalized spacial score (nSPS) is 22.4. The molecule has 2 atom stereocenters. The Balaban J connectivity index is 1.41. The lowest BCUT2D eigenvalue weighted by molar-refractivity contribution is 0.0860. The lowest BCUT2D eigenvalue weighted by atomic mass is 9.96. The Morgan fingerprint density at radius 1 is 1.18 bits per heavy atom. The predicted octanol–water partition coefficient (Wildman–Crippen LogP) is 4.59. The highest BCUT2D eigenvalue weighted by Crippen LogP contribution is 2.36. The first-order chi connectivity index (χ1) is 15.9. The van der Waals surface area contributed by atoms with E-state index < -0.39 is 0 Å². The number of piperidine rings is 1. The van der Waals surface area contributed by atoms with Gasteiger partial charge in [0.2, 0.25) is 0 Å². The smallest absolute Gasteiger partial charge is 0.318 e. The number of amides is 2. The summed E-state index contributed by atoms with van der Waals surface area (Å²) in [7, 11) is 2.19. The maximum Gasteiger partial charge on any atom is 0.318 e. The van der Waals surface area contributed by atoms with E-state index >= 15 is 0 Å². The van der Waals surface area contributed by atoms with Crippen molar-refractivity contribution in [1.29, 1.82) is 0 Å². The van der Waals surface area contributed by atoms with E-state index in [0.29, 0.717) is 43.4 Å². The van der Waals surface area contributed by atoms with E-state index in [4.69, 9.17) is 4.74 Å². The molecule has 2 unspecified atom stereocenters. The minimum absolute atomic E-state index is 0.102. The number of nitrogens with zero attached hydrogens (tertiary/aromatic N) is 3. The maximum atomic E-state index is 13.3. The third kappa shape index (κ3) is 6.02. The quantitative estimate of drug-likeness (QED) is 0.634. The molecule has 2 saturated heterocycles. The number of nitrogens with one attached hydrogen (secondary N) is 1. The van der Waals surface area contributed by atoms with Crippen molar-refractivity contribution >= 4 is 6.03 Å². The van der Waals surface area contributed by atoms with Crippen molar-refractivity contribution in [2.75, 3.05) is 13.7 Å². The predicted molar refractivity (Wildman–Crippen MR) is 126 cm³/mol. The molecule has 178 valence electrons. The van der Waals surface area contributed by atoms with Crippen LogP contribution in [0.25, 0.3) is 0 Å². The van der Waals surface area contributed by atoms with Gasteiger partial charge in [0.25, 0.3) is 0 Å². The highest BCUT2D eigenvalue weighted by molar-refractivity contribution is 5.74. The highest BCUT2D eigenvalue weighted by Gasteiger charge is 2.41. The minimum atomic E-state index is -0.368. The van der Waals surface area contributed by atoms with Crippen LogP contribution in [0.15, 0.2) is 42.6 Å². The molecule has 2 aromatic rings. The largest absolute Gasteiger partial charge is 0.493 e. The number of hydrogen-bond donors (Lipinski definition) is 1. The van der Waals surface area contributed by atoms with Gasteiger partial charge >= 0.3 is 6.03 Å². The van der Waals surface area contributed by atoms with E-state index in [2.05, 4.69) is 36.1 Å². The summed E-state index contributed by atoms with van der Waals surface area (Å²) >= 11 is 0. The van der Waals surface area contributed by atoms with Gasteiger partial charge in [-0.15, -0.1) is 0 Å². The Morgan fingerprint density at radius 2 is 1.88 bits per heavy atom. The molecule has 2 fully saturated rings. The first kappa shape index (κ1) is 23.5. The number of halogens is 1. The molecule has 2 bridgehead atoms. The summed E-state index contributed by atoms with van der Waals surface area (Å²) in [6, 6.07) is 12.0. The van der Waals surface area contributed by atoms with Gasteiger partial charge in [0.05, 0.1) is 25.0 Å².